The van der Waals surface area contributed by atoms with Crippen LogP contribution in [0.3, 0.4) is 0 Å². The van der Waals surface area contributed by atoms with Gasteiger partial charge in [0, 0.05) is 0 Å². The SMILES string of the molecule is CCCSP(=O)([O-])SCCC.CCCSP(=O)([O-])SCCC.CCCSP(=O)([O-])SCCC.[Al+3]. The van der Waals surface area contributed by atoms with Crippen molar-refractivity contribution in [2.24, 2.45) is 0 Å². The maximum absolute atomic E-state index is 11.1. The van der Waals surface area contributed by atoms with E-state index in [1.807, 2.05) is 41.5 Å². The zero-order chi connectivity index (χ0) is 26.2. The van der Waals surface area contributed by atoms with Crippen LogP contribution in [0.5, 0.6) is 0 Å². The molecule has 0 aliphatic carbocycles. The van der Waals surface area contributed by atoms with Gasteiger partial charge < -0.3 is 28.4 Å². The molecule has 0 aliphatic rings. The predicted octanol–water partition coefficient (Wildman–Crippen LogP) is 7.84. The van der Waals surface area contributed by atoms with Crippen molar-refractivity contribution >= 4 is 103 Å². The van der Waals surface area contributed by atoms with E-state index in [-0.39, 0.29) is 17.4 Å². The van der Waals surface area contributed by atoms with Gasteiger partial charge in [-0.25, -0.2) is 0 Å². The van der Waals surface area contributed by atoms with Crippen molar-refractivity contribution in [3.63, 3.8) is 0 Å². The van der Waals surface area contributed by atoms with Gasteiger partial charge in [-0.3, -0.25) is 0 Å². The molecule has 0 rings (SSSR count). The molecule has 0 bridgehead atoms. The van der Waals surface area contributed by atoms with Crippen LogP contribution >= 0.6 is 85.6 Å². The van der Waals surface area contributed by atoms with Crippen molar-refractivity contribution in [2.45, 2.75) is 80.1 Å². The second-order valence-electron chi connectivity index (χ2n) is 6.34. The fourth-order valence-corrected chi connectivity index (χ4v) is 18.0. The van der Waals surface area contributed by atoms with Crippen LogP contribution in [0.25, 0.3) is 0 Å². The molecule has 0 aromatic carbocycles. The molecule has 0 unspecified atom stereocenters. The third kappa shape index (κ3) is 37.4. The zero-order valence-electron chi connectivity index (χ0n) is 21.3. The van der Waals surface area contributed by atoms with Crippen LogP contribution in [0.1, 0.15) is 80.1 Å². The molecule has 0 atom stereocenters. The third-order valence-electron chi connectivity index (χ3n) is 2.72. The first-order valence-corrected chi connectivity index (χ1v) is 25.6. The third-order valence-corrected chi connectivity index (χ3v) is 22.8. The topological polar surface area (TPSA) is 120 Å². The Kier molecular flexibility index (Phi) is 38.0. The molecule has 0 amide bonds. The van der Waals surface area contributed by atoms with Gasteiger partial charge in [0.2, 0.25) is 0 Å². The van der Waals surface area contributed by atoms with Crippen LogP contribution in [0, 0.1) is 0 Å². The minimum atomic E-state index is -3.14. The first kappa shape index (κ1) is 44.2. The Balaban J connectivity index is -0.000000196. The van der Waals surface area contributed by atoms with Crippen molar-refractivity contribution in [1.82, 2.24) is 0 Å². The minimum absolute atomic E-state index is 0. The normalized spacial score (nSPS) is 11.6. The van der Waals surface area contributed by atoms with E-state index in [9.17, 15) is 28.4 Å². The first-order valence-electron chi connectivity index (χ1n) is 11.2. The minimum Gasteiger partial charge on any atom is -0.784 e. The molecule has 0 radical (unpaired) electrons. The van der Waals surface area contributed by atoms with Crippen LogP contribution in [0.4, 0.5) is 0 Å². The molecule has 0 aliphatic heterocycles. The summed E-state index contributed by atoms with van der Waals surface area (Å²) >= 11 is 6.49. The molecule has 0 N–H and O–H groups in total. The van der Waals surface area contributed by atoms with E-state index in [2.05, 4.69) is 0 Å². The molecule has 0 saturated heterocycles. The van der Waals surface area contributed by atoms with Crippen molar-refractivity contribution in [2.75, 3.05) is 34.5 Å². The second-order valence-corrected chi connectivity index (χ2v) is 28.4. The van der Waals surface area contributed by atoms with Crippen molar-refractivity contribution in [1.29, 1.82) is 0 Å². The van der Waals surface area contributed by atoms with Gasteiger partial charge in [-0.15, -0.1) is 68.3 Å². The molecule has 16 heteroatoms. The van der Waals surface area contributed by atoms with E-state index >= 15 is 0 Å². The van der Waals surface area contributed by atoms with E-state index in [0.29, 0.717) is 0 Å². The monoisotopic (exact) mass is 666 g/mol. The van der Waals surface area contributed by atoms with Crippen LogP contribution in [0.2, 0.25) is 0 Å². The van der Waals surface area contributed by atoms with Crippen LogP contribution < -0.4 is 14.7 Å². The van der Waals surface area contributed by atoms with E-state index in [1.165, 1.54) is 0 Å². The Labute approximate surface area is 244 Å². The molecule has 0 aromatic heterocycles. The van der Waals surface area contributed by atoms with Crippen LogP contribution in [-0.4, -0.2) is 51.9 Å². The van der Waals surface area contributed by atoms with Crippen molar-refractivity contribution in [3.8, 4) is 0 Å². The van der Waals surface area contributed by atoms with Crippen LogP contribution in [-0.2, 0) is 13.7 Å². The maximum atomic E-state index is 11.1. The molecule has 0 saturated carbocycles. The molecular weight excluding hydrogens is 624 g/mol. The molecule has 0 heterocycles. The number of hydrogen-bond acceptors (Lipinski definition) is 12. The summed E-state index contributed by atoms with van der Waals surface area (Å²) in [4.78, 5) is 33.3. The summed E-state index contributed by atoms with van der Waals surface area (Å²) in [7, 11) is 0. The summed E-state index contributed by atoms with van der Waals surface area (Å²) in [6, 6.07) is 0. The molecule has 6 nitrogen and oxygen atoms in total. The van der Waals surface area contributed by atoms with Crippen LogP contribution in [0.15, 0.2) is 0 Å². The fraction of sp³-hybridized carbons (Fsp3) is 1.00. The Hall–Kier alpha value is 3.20. The van der Waals surface area contributed by atoms with E-state index in [1.54, 1.807) is 0 Å². The van der Waals surface area contributed by atoms with Gasteiger partial charge in [0.15, 0.2) is 0 Å². The second kappa shape index (κ2) is 29.2. The van der Waals surface area contributed by atoms with Gasteiger partial charge in [-0.05, 0) is 73.0 Å². The molecule has 0 fully saturated rings. The summed E-state index contributed by atoms with van der Waals surface area (Å²) in [5.74, 6) is -5.11. The first-order chi connectivity index (χ1) is 15.4. The molecule has 34 heavy (non-hydrogen) atoms. The standard InChI is InChI=1S/3C6H15O2PS2.Al/c3*1-3-5-10-9(7,8)11-6-4-2;/h3*3-6H2,1-2H3,(H,7,8);/q;;;+3/p-3. The average molecular weight is 667 g/mol. The average Bonchev–Trinajstić information content (AvgIpc) is 2.77. The Bertz CT molecular complexity index is 468. The number of hydrogen-bond donors (Lipinski definition) is 0. The summed E-state index contributed by atoms with van der Waals surface area (Å²) < 4.78 is 33.3. The smallest absolute Gasteiger partial charge is 0.784 e. The summed E-state index contributed by atoms with van der Waals surface area (Å²) in [6.45, 7) is 11.9. The van der Waals surface area contributed by atoms with Gasteiger partial charge >= 0.3 is 17.4 Å². The van der Waals surface area contributed by atoms with Gasteiger partial charge in [0.05, 0.1) is 0 Å². The van der Waals surface area contributed by atoms with Crippen molar-refractivity contribution < 1.29 is 28.4 Å². The molecule has 0 aromatic rings. The summed E-state index contributed by atoms with van der Waals surface area (Å²) in [5.41, 5.74) is 0. The van der Waals surface area contributed by atoms with E-state index < -0.39 is 17.3 Å². The molecule has 0 spiro atoms. The predicted molar refractivity (Wildman–Crippen MR) is 165 cm³/mol. The van der Waals surface area contributed by atoms with E-state index in [0.717, 1.165) is 141 Å². The van der Waals surface area contributed by atoms with Gasteiger partial charge in [-0.2, -0.15) is 0 Å². The van der Waals surface area contributed by atoms with E-state index in [4.69, 9.17) is 0 Å². The summed E-state index contributed by atoms with van der Waals surface area (Å²) in [5, 5.41) is 0. The van der Waals surface area contributed by atoms with Gasteiger partial charge in [0.1, 0.15) is 17.3 Å². The van der Waals surface area contributed by atoms with Crippen molar-refractivity contribution in [3.05, 3.63) is 0 Å². The quantitative estimate of drug-likeness (QED) is 0.105. The molecule has 204 valence electrons. The fourth-order valence-electron chi connectivity index (χ4n) is 1.33. The maximum Gasteiger partial charge on any atom is 3.00 e. The van der Waals surface area contributed by atoms with Gasteiger partial charge in [0.25, 0.3) is 0 Å². The Morgan fingerprint density at radius 1 is 0.412 bits per heavy atom. The Morgan fingerprint density at radius 2 is 0.529 bits per heavy atom. The summed E-state index contributed by atoms with van der Waals surface area (Å²) in [6.07, 6.45) is 5.52. The number of rotatable bonds is 18. The largest absolute Gasteiger partial charge is 3.00 e. The zero-order valence-corrected chi connectivity index (χ0v) is 30.0. The molecular formula is C18H42AlO6P3S6. The van der Waals surface area contributed by atoms with Gasteiger partial charge in [-0.1, -0.05) is 41.5 Å². The Morgan fingerprint density at radius 3 is 0.618 bits per heavy atom.